The molecule has 2 atom stereocenters. The highest BCUT2D eigenvalue weighted by Gasteiger charge is 2.20. The standard InChI is InChI=1S/C9H13NO3S/c1-6(11)8(10)9(12)13-5-7-3-2-4-14-7/h2-4,6,8,11H,5,10H2,1H3/t6-,8+/m1/s1. The van der Waals surface area contributed by atoms with Crippen molar-refractivity contribution in [1.82, 2.24) is 0 Å². The van der Waals surface area contributed by atoms with Gasteiger partial charge in [0.2, 0.25) is 0 Å². The third kappa shape index (κ3) is 3.10. The number of aliphatic hydroxyl groups is 1. The monoisotopic (exact) mass is 215 g/mol. The Hall–Kier alpha value is -0.910. The molecule has 14 heavy (non-hydrogen) atoms. The van der Waals surface area contributed by atoms with Crippen molar-refractivity contribution in [2.45, 2.75) is 25.7 Å². The number of nitrogens with two attached hydrogens (primary N) is 1. The lowest BCUT2D eigenvalue weighted by molar-refractivity contribution is -0.148. The van der Waals surface area contributed by atoms with Gasteiger partial charge in [-0.3, -0.25) is 4.79 Å². The Bertz CT molecular complexity index is 284. The Balaban J connectivity index is 2.35. The summed E-state index contributed by atoms with van der Waals surface area (Å²) >= 11 is 1.50. The van der Waals surface area contributed by atoms with Crippen LogP contribution in [0.25, 0.3) is 0 Å². The molecule has 0 radical (unpaired) electrons. The molecule has 0 saturated heterocycles. The number of hydrogen-bond donors (Lipinski definition) is 2. The third-order valence-corrected chi connectivity index (χ3v) is 2.58. The highest BCUT2D eigenvalue weighted by Crippen LogP contribution is 2.10. The summed E-state index contributed by atoms with van der Waals surface area (Å²) in [5, 5.41) is 10.9. The van der Waals surface area contributed by atoms with Crippen molar-refractivity contribution in [3.05, 3.63) is 22.4 Å². The van der Waals surface area contributed by atoms with Crippen molar-refractivity contribution in [1.29, 1.82) is 0 Å². The van der Waals surface area contributed by atoms with Crippen molar-refractivity contribution in [3.8, 4) is 0 Å². The van der Waals surface area contributed by atoms with Gasteiger partial charge in [0.25, 0.3) is 0 Å². The number of aliphatic hydroxyl groups excluding tert-OH is 1. The Morgan fingerprint density at radius 2 is 2.50 bits per heavy atom. The van der Waals surface area contributed by atoms with Crippen LogP contribution in [0, 0.1) is 0 Å². The summed E-state index contributed by atoms with van der Waals surface area (Å²) in [4.78, 5) is 12.1. The smallest absolute Gasteiger partial charge is 0.325 e. The molecule has 78 valence electrons. The Morgan fingerprint density at radius 3 is 3.00 bits per heavy atom. The molecular formula is C9H13NO3S. The van der Waals surface area contributed by atoms with Crippen molar-refractivity contribution in [2.24, 2.45) is 5.73 Å². The van der Waals surface area contributed by atoms with Crippen LogP contribution in [0.15, 0.2) is 17.5 Å². The topological polar surface area (TPSA) is 72.5 Å². The van der Waals surface area contributed by atoms with Crippen LogP contribution < -0.4 is 5.73 Å². The fourth-order valence-corrected chi connectivity index (χ4v) is 1.45. The SMILES string of the molecule is C[C@@H](O)[C@H](N)C(=O)OCc1cccs1. The van der Waals surface area contributed by atoms with Gasteiger partial charge in [-0.25, -0.2) is 0 Å². The lowest BCUT2D eigenvalue weighted by Crippen LogP contribution is -2.41. The zero-order valence-corrected chi connectivity index (χ0v) is 8.66. The summed E-state index contributed by atoms with van der Waals surface area (Å²) < 4.78 is 4.90. The second kappa shape index (κ2) is 5.09. The molecule has 5 heteroatoms. The maximum absolute atomic E-state index is 11.2. The fourth-order valence-electron chi connectivity index (χ4n) is 0.830. The van der Waals surface area contributed by atoms with E-state index in [0.717, 1.165) is 4.88 Å². The zero-order chi connectivity index (χ0) is 10.6. The molecular weight excluding hydrogens is 202 g/mol. The quantitative estimate of drug-likeness (QED) is 0.717. The van der Waals surface area contributed by atoms with Crippen LogP contribution in [0.1, 0.15) is 11.8 Å². The van der Waals surface area contributed by atoms with Gasteiger partial charge in [-0.05, 0) is 18.4 Å². The summed E-state index contributed by atoms with van der Waals surface area (Å²) in [5.41, 5.74) is 5.38. The van der Waals surface area contributed by atoms with Crippen molar-refractivity contribution < 1.29 is 14.6 Å². The molecule has 0 amide bonds. The molecule has 1 aromatic rings. The summed E-state index contributed by atoms with van der Waals surface area (Å²) in [5.74, 6) is -0.576. The molecule has 1 heterocycles. The maximum Gasteiger partial charge on any atom is 0.325 e. The van der Waals surface area contributed by atoms with E-state index in [4.69, 9.17) is 15.6 Å². The minimum Gasteiger partial charge on any atom is -0.459 e. The van der Waals surface area contributed by atoms with Gasteiger partial charge in [0.05, 0.1) is 6.10 Å². The van der Waals surface area contributed by atoms with Crippen LogP contribution in [0.3, 0.4) is 0 Å². The highest BCUT2D eigenvalue weighted by molar-refractivity contribution is 7.09. The van der Waals surface area contributed by atoms with Gasteiger partial charge in [-0.1, -0.05) is 6.07 Å². The maximum atomic E-state index is 11.2. The molecule has 1 aromatic heterocycles. The molecule has 1 rings (SSSR count). The van der Waals surface area contributed by atoms with Gasteiger partial charge < -0.3 is 15.6 Å². The molecule has 0 aliphatic carbocycles. The lowest BCUT2D eigenvalue weighted by atomic mass is 10.2. The summed E-state index contributed by atoms with van der Waals surface area (Å²) in [6, 6.07) is 2.78. The first kappa shape index (κ1) is 11.2. The number of hydrogen-bond acceptors (Lipinski definition) is 5. The van der Waals surface area contributed by atoms with Crippen LogP contribution in [-0.4, -0.2) is 23.2 Å². The Labute approximate surface area is 86.3 Å². The molecule has 3 N–H and O–H groups in total. The first-order valence-electron chi connectivity index (χ1n) is 4.24. The van der Waals surface area contributed by atoms with Gasteiger partial charge in [0.15, 0.2) is 0 Å². The summed E-state index contributed by atoms with van der Waals surface area (Å²) in [7, 11) is 0. The minimum absolute atomic E-state index is 0.219. The predicted octanol–water partition coefficient (Wildman–Crippen LogP) is 0.499. The van der Waals surface area contributed by atoms with Crippen LogP contribution in [0.5, 0.6) is 0 Å². The first-order chi connectivity index (χ1) is 6.61. The largest absolute Gasteiger partial charge is 0.459 e. The normalized spacial score (nSPS) is 14.8. The third-order valence-electron chi connectivity index (χ3n) is 1.73. The number of rotatable bonds is 4. The number of ether oxygens (including phenoxy) is 1. The summed E-state index contributed by atoms with van der Waals surface area (Å²) in [6.07, 6.45) is -0.883. The minimum atomic E-state index is -0.963. The average molecular weight is 215 g/mol. The number of carbonyl (C=O) groups is 1. The molecule has 4 nitrogen and oxygen atoms in total. The van der Waals surface area contributed by atoms with E-state index < -0.39 is 18.1 Å². The second-order valence-corrected chi connectivity index (χ2v) is 3.99. The van der Waals surface area contributed by atoms with E-state index in [1.54, 1.807) is 0 Å². The Morgan fingerprint density at radius 1 is 1.79 bits per heavy atom. The molecule has 0 spiro atoms. The van der Waals surface area contributed by atoms with Gasteiger partial charge in [-0.15, -0.1) is 11.3 Å². The van der Waals surface area contributed by atoms with Gasteiger partial charge in [-0.2, -0.15) is 0 Å². The van der Waals surface area contributed by atoms with Crippen molar-refractivity contribution in [2.75, 3.05) is 0 Å². The van der Waals surface area contributed by atoms with E-state index in [-0.39, 0.29) is 6.61 Å². The molecule has 0 aliphatic rings. The lowest BCUT2D eigenvalue weighted by Gasteiger charge is -2.12. The van der Waals surface area contributed by atoms with E-state index in [1.807, 2.05) is 17.5 Å². The predicted molar refractivity (Wildman–Crippen MR) is 53.8 cm³/mol. The second-order valence-electron chi connectivity index (χ2n) is 2.95. The van der Waals surface area contributed by atoms with E-state index in [2.05, 4.69) is 0 Å². The molecule has 0 unspecified atom stereocenters. The van der Waals surface area contributed by atoms with Gasteiger partial charge >= 0.3 is 5.97 Å². The van der Waals surface area contributed by atoms with Crippen LogP contribution in [0.2, 0.25) is 0 Å². The van der Waals surface area contributed by atoms with Crippen molar-refractivity contribution in [3.63, 3.8) is 0 Å². The molecule has 0 saturated carbocycles. The van der Waals surface area contributed by atoms with Gasteiger partial charge in [0, 0.05) is 4.88 Å². The number of carbonyl (C=O) groups excluding carboxylic acids is 1. The number of thiophene rings is 1. The van der Waals surface area contributed by atoms with Crippen molar-refractivity contribution >= 4 is 17.3 Å². The highest BCUT2D eigenvalue weighted by atomic mass is 32.1. The zero-order valence-electron chi connectivity index (χ0n) is 7.84. The van der Waals surface area contributed by atoms with Crippen LogP contribution in [-0.2, 0) is 16.1 Å². The molecule has 0 bridgehead atoms. The first-order valence-corrected chi connectivity index (χ1v) is 5.12. The van der Waals surface area contributed by atoms with E-state index in [9.17, 15) is 4.79 Å². The van der Waals surface area contributed by atoms with Crippen LogP contribution >= 0.6 is 11.3 Å². The van der Waals surface area contributed by atoms with E-state index in [0.29, 0.717) is 0 Å². The van der Waals surface area contributed by atoms with Gasteiger partial charge in [0.1, 0.15) is 12.6 Å². The Kier molecular flexibility index (Phi) is 4.06. The average Bonchev–Trinajstić information content (AvgIpc) is 2.65. The molecule has 0 aliphatic heterocycles. The molecule has 0 aromatic carbocycles. The van der Waals surface area contributed by atoms with E-state index >= 15 is 0 Å². The summed E-state index contributed by atoms with van der Waals surface area (Å²) in [6.45, 7) is 1.67. The fraction of sp³-hybridized carbons (Fsp3) is 0.444. The molecule has 0 fully saturated rings. The van der Waals surface area contributed by atoms with E-state index in [1.165, 1.54) is 18.3 Å². The van der Waals surface area contributed by atoms with Crippen LogP contribution in [0.4, 0.5) is 0 Å². The number of esters is 1.